The van der Waals surface area contributed by atoms with Gasteiger partial charge in [0, 0.05) is 11.3 Å². The highest BCUT2D eigenvalue weighted by atomic mass is 32.2. The second-order valence-corrected chi connectivity index (χ2v) is 7.69. The van der Waals surface area contributed by atoms with Crippen molar-refractivity contribution in [2.45, 2.75) is 6.92 Å². The van der Waals surface area contributed by atoms with Gasteiger partial charge in [0.15, 0.2) is 0 Å². The molecule has 0 unspecified atom stereocenters. The third kappa shape index (κ3) is 5.16. The van der Waals surface area contributed by atoms with Crippen LogP contribution in [0.1, 0.15) is 12.5 Å². The normalized spacial score (nSPS) is 15.0. The molecule has 0 atom stereocenters. The lowest BCUT2D eigenvalue weighted by Crippen LogP contribution is -2.36. The number of carbonyl (C=O) groups is 2. The van der Waals surface area contributed by atoms with Crippen molar-refractivity contribution in [2.75, 3.05) is 25.6 Å². The lowest BCUT2D eigenvalue weighted by atomic mass is 10.2. The van der Waals surface area contributed by atoms with Gasteiger partial charge in [-0.05, 0) is 43.3 Å². The van der Waals surface area contributed by atoms with Crippen molar-refractivity contribution in [3.05, 3.63) is 59.0 Å². The van der Waals surface area contributed by atoms with E-state index >= 15 is 0 Å². The van der Waals surface area contributed by atoms with Gasteiger partial charge >= 0.3 is 0 Å². The highest BCUT2D eigenvalue weighted by Gasteiger charge is 2.33. The number of para-hydroxylation sites is 1. The van der Waals surface area contributed by atoms with E-state index in [2.05, 4.69) is 5.32 Å². The molecule has 0 spiro atoms. The van der Waals surface area contributed by atoms with E-state index in [0.717, 1.165) is 11.3 Å². The van der Waals surface area contributed by atoms with Crippen LogP contribution >= 0.6 is 24.0 Å². The largest absolute Gasteiger partial charge is 0.496 e. The maximum atomic E-state index is 12.7. The quantitative estimate of drug-likeness (QED) is 0.532. The predicted octanol–water partition coefficient (Wildman–Crippen LogP) is 3.93. The number of thioether (sulfide) groups is 1. The Morgan fingerprint density at radius 3 is 2.62 bits per heavy atom. The van der Waals surface area contributed by atoms with E-state index in [-0.39, 0.29) is 18.4 Å². The molecule has 0 aliphatic carbocycles. The van der Waals surface area contributed by atoms with E-state index in [1.807, 2.05) is 31.2 Å². The maximum Gasteiger partial charge on any atom is 0.266 e. The number of hydrogen-bond acceptors (Lipinski definition) is 6. The SMILES string of the molecule is CCOc1ccc(NC(=O)CN2C(=O)/C(=C/c3ccccc3OC)SC2=S)cc1. The number of anilines is 1. The van der Waals surface area contributed by atoms with E-state index in [1.165, 1.54) is 16.7 Å². The highest BCUT2D eigenvalue weighted by molar-refractivity contribution is 8.26. The molecule has 2 amide bonds. The van der Waals surface area contributed by atoms with Crippen molar-refractivity contribution in [3.8, 4) is 11.5 Å². The number of rotatable bonds is 7. The van der Waals surface area contributed by atoms with Crippen molar-refractivity contribution < 1.29 is 19.1 Å². The topological polar surface area (TPSA) is 67.9 Å². The number of amides is 2. The molecule has 2 aromatic carbocycles. The third-order valence-corrected chi connectivity index (χ3v) is 5.43. The molecule has 8 heteroatoms. The van der Waals surface area contributed by atoms with Gasteiger partial charge in [0.25, 0.3) is 5.91 Å². The van der Waals surface area contributed by atoms with Gasteiger partial charge in [-0.25, -0.2) is 0 Å². The summed E-state index contributed by atoms with van der Waals surface area (Å²) in [6.45, 7) is 2.32. The maximum absolute atomic E-state index is 12.7. The number of nitrogens with one attached hydrogen (secondary N) is 1. The molecule has 150 valence electrons. The van der Waals surface area contributed by atoms with Gasteiger partial charge in [-0.3, -0.25) is 14.5 Å². The number of hydrogen-bond donors (Lipinski definition) is 1. The van der Waals surface area contributed by atoms with Gasteiger partial charge < -0.3 is 14.8 Å². The molecule has 1 fully saturated rings. The van der Waals surface area contributed by atoms with Gasteiger partial charge in [0.05, 0.1) is 18.6 Å². The summed E-state index contributed by atoms with van der Waals surface area (Å²) >= 11 is 6.47. The van der Waals surface area contributed by atoms with Gasteiger partial charge in [-0.1, -0.05) is 42.2 Å². The van der Waals surface area contributed by atoms with Crippen molar-refractivity contribution >= 4 is 51.9 Å². The molecule has 1 aliphatic rings. The monoisotopic (exact) mass is 428 g/mol. The van der Waals surface area contributed by atoms with E-state index < -0.39 is 0 Å². The Balaban J connectivity index is 1.66. The number of thiocarbonyl (C=S) groups is 1. The fraction of sp³-hybridized carbons (Fsp3) is 0.190. The number of methoxy groups -OCH3 is 1. The average molecular weight is 429 g/mol. The van der Waals surface area contributed by atoms with Crippen molar-refractivity contribution in [2.24, 2.45) is 0 Å². The molecule has 0 radical (unpaired) electrons. The molecule has 1 heterocycles. The summed E-state index contributed by atoms with van der Waals surface area (Å²) in [5, 5.41) is 2.77. The summed E-state index contributed by atoms with van der Waals surface area (Å²) in [7, 11) is 1.57. The summed E-state index contributed by atoms with van der Waals surface area (Å²) < 4.78 is 11.0. The van der Waals surface area contributed by atoms with Crippen LogP contribution < -0.4 is 14.8 Å². The van der Waals surface area contributed by atoms with Crippen LogP contribution in [0.4, 0.5) is 5.69 Å². The van der Waals surface area contributed by atoms with Crippen LogP contribution in [0.25, 0.3) is 6.08 Å². The van der Waals surface area contributed by atoms with Crippen LogP contribution in [-0.2, 0) is 9.59 Å². The second kappa shape index (κ2) is 9.58. The second-order valence-electron chi connectivity index (χ2n) is 6.02. The van der Waals surface area contributed by atoms with Gasteiger partial charge in [-0.15, -0.1) is 0 Å². The zero-order valence-electron chi connectivity index (χ0n) is 16.0. The molecule has 1 N–H and O–H groups in total. The Kier molecular flexibility index (Phi) is 6.90. The smallest absolute Gasteiger partial charge is 0.266 e. The summed E-state index contributed by atoms with van der Waals surface area (Å²) in [6.07, 6.45) is 1.72. The first kappa shape index (κ1) is 20.9. The molecule has 1 aliphatic heterocycles. The Morgan fingerprint density at radius 2 is 1.93 bits per heavy atom. The summed E-state index contributed by atoms with van der Waals surface area (Å²) in [4.78, 5) is 26.9. The fourth-order valence-electron chi connectivity index (χ4n) is 2.71. The van der Waals surface area contributed by atoms with Crippen LogP contribution in [0.15, 0.2) is 53.4 Å². The number of benzene rings is 2. The van der Waals surface area contributed by atoms with E-state index in [4.69, 9.17) is 21.7 Å². The highest BCUT2D eigenvalue weighted by Crippen LogP contribution is 2.34. The van der Waals surface area contributed by atoms with Gasteiger partial charge in [0.2, 0.25) is 5.91 Å². The van der Waals surface area contributed by atoms with Crippen LogP contribution in [0, 0.1) is 0 Å². The van der Waals surface area contributed by atoms with Crippen LogP contribution in [0.3, 0.4) is 0 Å². The van der Waals surface area contributed by atoms with E-state index in [0.29, 0.717) is 27.3 Å². The standard InChI is InChI=1S/C21H20N2O4S2/c1-3-27-16-10-8-15(9-11-16)22-19(24)13-23-20(25)18(29-21(23)28)12-14-6-4-5-7-17(14)26-2/h4-12H,3,13H2,1-2H3,(H,22,24)/b18-12-. The summed E-state index contributed by atoms with van der Waals surface area (Å²) in [6, 6.07) is 14.4. The van der Waals surface area contributed by atoms with Crippen molar-refractivity contribution in [3.63, 3.8) is 0 Å². The molecule has 0 bridgehead atoms. The Morgan fingerprint density at radius 1 is 1.21 bits per heavy atom. The lowest BCUT2D eigenvalue weighted by Gasteiger charge is -2.14. The van der Waals surface area contributed by atoms with E-state index in [1.54, 1.807) is 37.5 Å². The first-order valence-corrected chi connectivity index (χ1v) is 10.2. The van der Waals surface area contributed by atoms with Crippen LogP contribution in [-0.4, -0.2) is 41.3 Å². The molecular formula is C21H20N2O4S2. The minimum Gasteiger partial charge on any atom is -0.496 e. The molecule has 0 saturated carbocycles. The zero-order valence-corrected chi connectivity index (χ0v) is 17.6. The van der Waals surface area contributed by atoms with Gasteiger partial charge in [-0.2, -0.15) is 0 Å². The summed E-state index contributed by atoms with van der Waals surface area (Å²) in [5.41, 5.74) is 1.39. The predicted molar refractivity (Wildman–Crippen MR) is 119 cm³/mol. The summed E-state index contributed by atoms with van der Waals surface area (Å²) in [5.74, 6) is 0.756. The average Bonchev–Trinajstić information content (AvgIpc) is 2.97. The molecule has 2 aromatic rings. The Bertz CT molecular complexity index is 957. The number of carbonyl (C=O) groups excluding carboxylic acids is 2. The van der Waals surface area contributed by atoms with Crippen LogP contribution in [0.5, 0.6) is 11.5 Å². The Hall–Kier alpha value is -2.84. The first-order chi connectivity index (χ1) is 14.0. The van der Waals surface area contributed by atoms with Crippen molar-refractivity contribution in [1.29, 1.82) is 0 Å². The molecule has 6 nitrogen and oxygen atoms in total. The number of ether oxygens (including phenoxy) is 2. The van der Waals surface area contributed by atoms with E-state index in [9.17, 15) is 9.59 Å². The zero-order chi connectivity index (χ0) is 20.8. The molecule has 3 rings (SSSR count). The molecule has 1 saturated heterocycles. The molecular weight excluding hydrogens is 408 g/mol. The molecule has 0 aromatic heterocycles. The minimum atomic E-state index is -0.330. The lowest BCUT2D eigenvalue weighted by molar-refractivity contribution is -0.126. The Labute approximate surface area is 178 Å². The van der Waals surface area contributed by atoms with Crippen LogP contribution in [0.2, 0.25) is 0 Å². The van der Waals surface area contributed by atoms with Crippen molar-refractivity contribution in [1.82, 2.24) is 4.90 Å². The molecule has 29 heavy (non-hydrogen) atoms. The first-order valence-electron chi connectivity index (χ1n) is 8.93. The van der Waals surface area contributed by atoms with Gasteiger partial charge in [0.1, 0.15) is 22.4 Å². The third-order valence-electron chi connectivity index (χ3n) is 4.05. The minimum absolute atomic E-state index is 0.152. The number of nitrogens with zero attached hydrogens (tertiary/aromatic N) is 1. The fourth-order valence-corrected chi connectivity index (χ4v) is 3.95.